The van der Waals surface area contributed by atoms with Crippen LogP contribution in [0.1, 0.15) is 40.9 Å². The van der Waals surface area contributed by atoms with Crippen molar-refractivity contribution in [3.05, 3.63) is 56.2 Å². The lowest BCUT2D eigenvalue weighted by atomic mass is 9.95. The van der Waals surface area contributed by atoms with Crippen molar-refractivity contribution in [2.75, 3.05) is 0 Å². The molecule has 1 aromatic carbocycles. The quantitative estimate of drug-likeness (QED) is 0.515. The highest BCUT2D eigenvalue weighted by Crippen LogP contribution is 2.37. The van der Waals surface area contributed by atoms with E-state index in [1.807, 2.05) is 11.3 Å². The van der Waals surface area contributed by atoms with Gasteiger partial charge >= 0.3 is 0 Å². The lowest BCUT2D eigenvalue weighted by Gasteiger charge is -2.15. The molecule has 0 bridgehead atoms. The molecule has 0 fully saturated rings. The van der Waals surface area contributed by atoms with Crippen LogP contribution in [0.4, 0.5) is 0 Å². The molecule has 3 heteroatoms. The highest BCUT2D eigenvalue weighted by molar-refractivity contribution is 9.10. The molecule has 0 spiro atoms. The van der Waals surface area contributed by atoms with Gasteiger partial charge in [0.05, 0.1) is 4.83 Å². The van der Waals surface area contributed by atoms with Gasteiger partial charge in [0.25, 0.3) is 0 Å². The fourth-order valence-corrected chi connectivity index (χ4v) is 3.97. The first kappa shape index (κ1) is 15.3. The van der Waals surface area contributed by atoms with Crippen LogP contribution >= 0.6 is 43.2 Å². The van der Waals surface area contributed by atoms with Gasteiger partial charge in [0, 0.05) is 14.2 Å². The SMILES string of the molecule is CC(C)(C)c1ccc(C(Br)Cc2ccc(Br)cc2)s1. The molecule has 2 rings (SSSR count). The molecule has 1 unspecified atom stereocenters. The Morgan fingerprint density at radius 3 is 2.21 bits per heavy atom. The van der Waals surface area contributed by atoms with Crippen LogP contribution in [-0.4, -0.2) is 0 Å². The normalized spacial score (nSPS) is 13.5. The minimum absolute atomic E-state index is 0.243. The van der Waals surface area contributed by atoms with Crippen molar-refractivity contribution in [1.29, 1.82) is 0 Å². The van der Waals surface area contributed by atoms with E-state index in [4.69, 9.17) is 0 Å². The lowest BCUT2D eigenvalue weighted by Crippen LogP contribution is -2.07. The molecule has 0 aliphatic heterocycles. The molecule has 0 amide bonds. The minimum atomic E-state index is 0.243. The van der Waals surface area contributed by atoms with E-state index in [0.29, 0.717) is 4.83 Å². The number of benzene rings is 1. The largest absolute Gasteiger partial charge is 0.144 e. The van der Waals surface area contributed by atoms with Crippen LogP contribution in [0, 0.1) is 0 Å². The third-order valence-electron chi connectivity index (χ3n) is 3.00. The Morgan fingerprint density at radius 1 is 1.05 bits per heavy atom. The van der Waals surface area contributed by atoms with Gasteiger partial charge in [0.2, 0.25) is 0 Å². The molecule has 0 saturated heterocycles. The van der Waals surface area contributed by atoms with Crippen molar-refractivity contribution >= 4 is 43.2 Å². The average Bonchev–Trinajstić information content (AvgIpc) is 2.81. The van der Waals surface area contributed by atoms with Crippen LogP contribution in [0.15, 0.2) is 40.9 Å². The Bertz CT molecular complexity index is 535. The van der Waals surface area contributed by atoms with Crippen molar-refractivity contribution in [3.8, 4) is 0 Å². The zero-order valence-corrected chi connectivity index (χ0v) is 15.4. The summed E-state index contributed by atoms with van der Waals surface area (Å²) in [5, 5.41) is 0. The number of rotatable bonds is 3. The fourth-order valence-electron chi connectivity index (χ4n) is 1.85. The van der Waals surface area contributed by atoms with E-state index in [0.717, 1.165) is 10.9 Å². The minimum Gasteiger partial charge on any atom is -0.144 e. The molecule has 0 N–H and O–H groups in total. The molecule has 0 nitrogen and oxygen atoms in total. The highest BCUT2D eigenvalue weighted by atomic mass is 79.9. The molecule has 19 heavy (non-hydrogen) atoms. The monoisotopic (exact) mass is 400 g/mol. The summed E-state index contributed by atoms with van der Waals surface area (Å²) in [5.41, 5.74) is 1.60. The average molecular weight is 402 g/mol. The molecule has 1 atom stereocenters. The highest BCUT2D eigenvalue weighted by Gasteiger charge is 2.18. The summed E-state index contributed by atoms with van der Waals surface area (Å²) in [6, 6.07) is 13.1. The van der Waals surface area contributed by atoms with E-state index < -0.39 is 0 Å². The Balaban J connectivity index is 2.09. The number of alkyl halides is 1. The first-order chi connectivity index (χ1) is 8.86. The number of hydrogen-bond donors (Lipinski definition) is 0. The molecular weight excluding hydrogens is 384 g/mol. The van der Waals surface area contributed by atoms with Crippen LogP contribution in [0.5, 0.6) is 0 Å². The molecule has 0 aliphatic rings. The first-order valence-corrected chi connectivity index (χ1v) is 8.87. The van der Waals surface area contributed by atoms with Crippen LogP contribution in [0.3, 0.4) is 0 Å². The smallest absolute Gasteiger partial charge is 0.0529 e. The van der Waals surface area contributed by atoms with Crippen molar-refractivity contribution < 1.29 is 0 Å². The second-order valence-corrected chi connectivity index (χ2v) is 8.89. The van der Waals surface area contributed by atoms with E-state index in [2.05, 4.69) is 89.0 Å². The maximum absolute atomic E-state index is 3.82. The fraction of sp³-hybridized carbons (Fsp3) is 0.375. The van der Waals surface area contributed by atoms with Crippen molar-refractivity contribution in [1.82, 2.24) is 0 Å². The summed E-state index contributed by atoms with van der Waals surface area (Å²) in [5.74, 6) is 0. The summed E-state index contributed by atoms with van der Waals surface area (Å²) in [6.07, 6.45) is 1.03. The summed E-state index contributed by atoms with van der Waals surface area (Å²) in [6.45, 7) is 6.79. The van der Waals surface area contributed by atoms with Gasteiger partial charge in [-0.2, -0.15) is 0 Å². The Morgan fingerprint density at radius 2 is 1.68 bits per heavy atom. The van der Waals surface area contributed by atoms with Crippen LogP contribution in [0.2, 0.25) is 0 Å². The lowest BCUT2D eigenvalue weighted by molar-refractivity contribution is 0.604. The van der Waals surface area contributed by atoms with Crippen LogP contribution < -0.4 is 0 Å². The summed E-state index contributed by atoms with van der Waals surface area (Å²) in [4.78, 5) is 3.25. The maximum Gasteiger partial charge on any atom is 0.0529 e. The van der Waals surface area contributed by atoms with Gasteiger partial charge < -0.3 is 0 Å². The number of thiophene rings is 1. The third kappa shape index (κ3) is 4.17. The van der Waals surface area contributed by atoms with Crippen LogP contribution in [-0.2, 0) is 11.8 Å². The van der Waals surface area contributed by atoms with Crippen molar-refractivity contribution in [3.63, 3.8) is 0 Å². The zero-order chi connectivity index (χ0) is 14.0. The molecule has 0 radical (unpaired) electrons. The molecular formula is C16H18Br2S. The summed E-state index contributed by atoms with van der Waals surface area (Å²) in [7, 11) is 0. The summed E-state index contributed by atoms with van der Waals surface area (Å²) < 4.78 is 1.13. The predicted molar refractivity (Wildman–Crippen MR) is 92.5 cm³/mol. The predicted octanol–water partition coefficient (Wildman–Crippen LogP) is 6.49. The first-order valence-electron chi connectivity index (χ1n) is 6.35. The van der Waals surface area contributed by atoms with E-state index in [1.54, 1.807) is 0 Å². The van der Waals surface area contributed by atoms with E-state index in [9.17, 15) is 0 Å². The summed E-state index contributed by atoms with van der Waals surface area (Å²) >= 11 is 9.21. The molecule has 102 valence electrons. The second-order valence-electron chi connectivity index (χ2n) is 5.75. The van der Waals surface area contributed by atoms with Crippen molar-refractivity contribution in [2.45, 2.75) is 37.4 Å². The van der Waals surface area contributed by atoms with Gasteiger partial charge in [0.15, 0.2) is 0 Å². The van der Waals surface area contributed by atoms with E-state index in [1.165, 1.54) is 15.3 Å². The zero-order valence-electron chi connectivity index (χ0n) is 11.4. The van der Waals surface area contributed by atoms with Gasteiger partial charge in [-0.1, -0.05) is 64.8 Å². The molecule has 1 aromatic heterocycles. The van der Waals surface area contributed by atoms with Crippen molar-refractivity contribution in [2.24, 2.45) is 0 Å². The number of halogens is 2. The molecule has 0 aliphatic carbocycles. The van der Waals surface area contributed by atoms with E-state index >= 15 is 0 Å². The molecule has 0 saturated carbocycles. The van der Waals surface area contributed by atoms with Gasteiger partial charge in [-0.15, -0.1) is 11.3 Å². The maximum atomic E-state index is 3.82. The molecule has 1 heterocycles. The topological polar surface area (TPSA) is 0 Å². The Labute approximate surface area is 136 Å². The van der Waals surface area contributed by atoms with E-state index in [-0.39, 0.29) is 5.41 Å². The second kappa shape index (κ2) is 6.11. The van der Waals surface area contributed by atoms with Gasteiger partial charge in [-0.25, -0.2) is 0 Å². The third-order valence-corrected chi connectivity index (χ3v) is 6.28. The van der Waals surface area contributed by atoms with Crippen LogP contribution in [0.25, 0.3) is 0 Å². The Hall–Kier alpha value is -0.120. The molecule has 2 aromatic rings. The van der Waals surface area contributed by atoms with Gasteiger partial charge in [-0.3, -0.25) is 0 Å². The Kier molecular flexibility index (Phi) is 4.91. The van der Waals surface area contributed by atoms with Gasteiger partial charge in [0.1, 0.15) is 0 Å². The number of hydrogen-bond acceptors (Lipinski definition) is 1. The van der Waals surface area contributed by atoms with Gasteiger partial charge in [-0.05, 0) is 41.7 Å². The standard InChI is InChI=1S/C16H18Br2S/c1-16(2,3)15-9-8-14(19-15)13(18)10-11-4-6-12(17)7-5-11/h4-9,13H,10H2,1-3H3.